The standard InChI is InChI=1S/C21H19ClN2O6S/c1-3-29-17-10-14(9-16(22)19(17)30-4-2)11-18-20(25)23(21(26)31-18)12-13-6-5-7-15(8-13)24(27)28/h5-11H,3-4,12H2,1-2H3/b18-11+. The number of hydrogen-bond donors (Lipinski definition) is 0. The molecular formula is C21H19ClN2O6S. The van der Waals surface area contributed by atoms with Gasteiger partial charge in [0.25, 0.3) is 16.8 Å². The van der Waals surface area contributed by atoms with Gasteiger partial charge in [-0.2, -0.15) is 0 Å². The number of carbonyl (C=O) groups excluding carboxylic acids is 2. The van der Waals surface area contributed by atoms with Gasteiger partial charge in [-0.3, -0.25) is 24.6 Å². The molecule has 1 heterocycles. The first-order chi connectivity index (χ1) is 14.8. The second-order valence-electron chi connectivity index (χ2n) is 6.39. The number of rotatable bonds is 8. The van der Waals surface area contributed by atoms with Crippen molar-refractivity contribution in [2.24, 2.45) is 0 Å². The number of nitro benzene ring substituents is 1. The highest BCUT2D eigenvalue weighted by Crippen LogP contribution is 2.39. The number of imide groups is 1. The summed E-state index contributed by atoms with van der Waals surface area (Å²) in [6, 6.07) is 9.15. The van der Waals surface area contributed by atoms with E-state index in [1.165, 1.54) is 18.2 Å². The topological polar surface area (TPSA) is 99.0 Å². The minimum atomic E-state index is -0.525. The van der Waals surface area contributed by atoms with Gasteiger partial charge in [-0.25, -0.2) is 0 Å². The molecule has 0 unspecified atom stereocenters. The lowest BCUT2D eigenvalue weighted by atomic mass is 10.1. The van der Waals surface area contributed by atoms with E-state index < -0.39 is 16.1 Å². The molecule has 0 radical (unpaired) electrons. The Hall–Kier alpha value is -3.04. The highest BCUT2D eigenvalue weighted by molar-refractivity contribution is 8.18. The molecule has 2 amide bonds. The zero-order valence-electron chi connectivity index (χ0n) is 16.8. The largest absolute Gasteiger partial charge is 0.490 e. The third-order valence-electron chi connectivity index (χ3n) is 4.25. The fourth-order valence-corrected chi connectivity index (χ4v) is 4.07. The van der Waals surface area contributed by atoms with Gasteiger partial charge in [0.1, 0.15) is 0 Å². The van der Waals surface area contributed by atoms with Crippen molar-refractivity contribution in [2.45, 2.75) is 20.4 Å². The van der Waals surface area contributed by atoms with Gasteiger partial charge in [-0.05, 0) is 54.9 Å². The molecular weight excluding hydrogens is 444 g/mol. The molecule has 8 nitrogen and oxygen atoms in total. The summed E-state index contributed by atoms with van der Waals surface area (Å²) in [5.41, 5.74) is 0.964. The van der Waals surface area contributed by atoms with Crippen LogP contribution >= 0.6 is 23.4 Å². The summed E-state index contributed by atoms with van der Waals surface area (Å²) in [4.78, 5) is 36.9. The highest BCUT2D eigenvalue weighted by atomic mass is 35.5. The van der Waals surface area contributed by atoms with Crippen molar-refractivity contribution in [3.8, 4) is 11.5 Å². The fourth-order valence-electron chi connectivity index (χ4n) is 2.96. The van der Waals surface area contributed by atoms with Gasteiger partial charge in [0.05, 0.1) is 34.6 Å². The predicted octanol–water partition coefficient (Wildman–Crippen LogP) is 5.28. The summed E-state index contributed by atoms with van der Waals surface area (Å²) >= 11 is 7.11. The number of amides is 2. The monoisotopic (exact) mass is 462 g/mol. The molecule has 0 spiro atoms. The van der Waals surface area contributed by atoms with Crippen LogP contribution in [0.2, 0.25) is 5.02 Å². The van der Waals surface area contributed by atoms with Crippen molar-refractivity contribution in [3.05, 3.63) is 67.6 Å². The lowest BCUT2D eigenvalue weighted by Gasteiger charge is -2.13. The Balaban J connectivity index is 1.86. The van der Waals surface area contributed by atoms with Gasteiger partial charge in [0, 0.05) is 12.1 Å². The summed E-state index contributed by atoms with van der Waals surface area (Å²) in [7, 11) is 0. The van der Waals surface area contributed by atoms with Crippen LogP contribution in [-0.4, -0.2) is 34.2 Å². The summed E-state index contributed by atoms with van der Waals surface area (Å²) in [6.07, 6.45) is 1.56. The number of non-ortho nitro benzene ring substituents is 1. The van der Waals surface area contributed by atoms with Gasteiger partial charge < -0.3 is 9.47 Å². The molecule has 2 aromatic carbocycles. The number of benzene rings is 2. The molecule has 3 rings (SSSR count). The van der Waals surface area contributed by atoms with Gasteiger partial charge >= 0.3 is 0 Å². The molecule has 31 heavy (non-hydrogen) atoms. The Morgan fingerprint density at radius 2 is 1.90 bits per heavy atom. The second kappa shape index (κ2) is 9.84. The van der Waals surface area contributed by atoms with Crippen LogP contribution < -0.4 is 9.47 Å². The number of halogens is 1. The van der Waals surface area contributed by atoms with Gasteiger partial charge in [0.15, 0.2) is 11.5 Å². The number of carbonyl (C=O) groups is 2. The first-order valence-electron chi connectivity index (χ1n) is 9.41. The van der Waals surface area contributed by atoms with Crippen molar-refractivity contribution in [1.29, 1.82) is 0 Å². The predicted molar refractivity (Wildman–Crippen MR) is 118 cm³/mol. The highest BCUT2D eigenvalue weighted by Gasteiger charge is 2.35. The summed E-state index contributed by atoms with van der Waals surface area (Å²) in [6.45, 7) is 4.42. The molecule has 10 heteroatoms. The van der Waals surface area contributed by atoms with Crippen LogP contribution in [0.5, 0.6) is 11.5 Å². The summed E-state index contributed by atoms with van der Waals surface area (Å²) in [5, 5.41) is 10.8. The average Bonchev–Trinajstić information content (AvgIpc) is 2.98. The van der Waals surface area contributed by atoms with E-state index in [2.05, 4.69) is 0 Å². The molecule has 0 atom stereocenters. The number of nitrogens with zero attached hydrogens (tertiary/aromatic N) is 2. The quantitative estimate of drug-likeness (QED) is 0.299. The van der Waals surface area contributed by atoms with Gasteiger partial charge in [-0.1, -0.05) is 23.7 Å². The summed E-state index contributed by atoms with van der Waals surface area (Å²) < 4.78 is 11.1. The van der Waals surface area contributed by atoms with Gasteiger partial charge in [-0.15, -0.1) is 0 Å². The van der Waals surface area contributed by atoms with E-state index in [9.17, 15) is 19.7 Å². The third kappa shape index (κ3) is 5.18. The molecule has 0 aromatic heterocycles. The Morgan fingerprint density at radius 1 is 1.16 bits per heavy atom. The third-order valence-corrected chi connectivity index (χ3v) is 5.44. The maximum absolute atomic E-state index is 12.8. The van der Waals surface area contributed by atoms with Crippen molar-refractivity contribution < 1.29 is 24.0 Å². The van der Waals surface area contributed by atoms with Crippen LogP contribution in [0.1, 0.15) is 25.0 Å². The van der Waals surface area contributed by atoms with E-state index in [0.29, 0.717) is 40.9 Å². The van der Waals surface area contributed by atoms with Gasteiger partial charge in [0.2, 0.25) is 0 Å². The molecule has 1 fully saturated rings. The molecule has 1 saturated heterocycles. The second-order valence-corrected chi connectivity index (χ2v) is 7.79. The van der Waals surface area contributed by atoms with E-state index >= 15 is 0 Å². The lowest BCUT2D eigenvalue weighted by molar-refractivity contribution is -0.384. The SMILES string of the molecule is CCOc1cc(/C=C2/SC(=O)N(Cc3cccc([N+](=O)[O-])c3)C2=O)cc(Cl)c1OCC. The van der Waals surface area contributed by atoms with Crippen LogP contribution in [0.15, 0.2) is 41.3 Å². The van der Waals surface area contributed by atoms with Crippen molar-refractivity contribution in [1.82, 2.24) is 4.90 Å². The normalized spacial score (nSPS) is 14.9. The Morgan fingerprint density at radius 3 is 2.58 bits per heavy atom. The lowest BCUT2D eigenvalue weighted by Crippen LogP contribution is -2.27. The minimum Gasteiger partial charge on any atom is -0.490 e. The maximum Gasteiger partial charge on any atom is 0.293 e. The first kappa shape index (κ1) is 22.6. The molecule has 0 N–H and O–H groups in total. The smallest absolute Gasteiger partial charge is 0.293 e. The maximum atomic E-state index is 12.8. The average molecular weight is 463 g/mol. The Labute approximate surface area is 187 Å². The van der Waals surface area contributed by atoms with Crippen molar-refractivity contribution in [3.63, 3.8) is 0 Å². The molecule has 1 aliphatic rings. The van der Waals surface area contributed by atoms with E-state index in [4.69, 9.17) is 21.1 Å². The van der Waals surface area contributed by atoms with Crippen molar-refractivity contribution in [2.75, 3.05) is 13.2 Å². The van der Waals surface area contributed by atoms with Crippen LogP contribution in [-0.2, 0) is 11.3 Å². The first-order valence-corrected chi connectivity index (χ1v) is 10.6. The molecule has 0 aliphatic carbocycles. The van der Waals surface area contributed by atoms with Crippen LogP contribution in [0.4, 0.5) is 10.5 Å². The molecule has 0 bridgehead atoms. The summed E-state index contributed by atoms with van der Waals surface area (Å²) in [5.74, 6) is 0.380. The Kier molecular flexibility index (Phi) is 7.19. The van der Waals surface area contributed by atoms with E-state index in [0.717, 1.165) is 16.7 Å². The van der Waals surface area contributed by atoms with E-state index in [-0.39, 0.29) is 17.1 Å². The number of hydrogen-bond acceptors (Lipinski definition) is 7. The molecule has 162 valence electrons. The minimum absolute atomic E-state index is 0.0576. The number of ether oxygens (including phenoxy) is 2. The van der Waals surface area contributed by atoms with Crippen molar-refractivity contribution >= 4 is 46.3 Å². The van der Waals surface area contributed by atoms with Crippen LogP contribution in [0.3, 0.4) is 0 Å². The fraction of sp³-hybridized carbons (Fsp3) is 0.238. The molecule has 2 aromatic rings. The van der Waals surface area contributed by atoms with E-state index in [1.807, 2.05) is 13.8 Å². The number of nitro groups is 1. The Bertz CT molecular complexity index is 1070. The van der Waals surface area contributed by atoms with Crippen LogP contribution in [0, 0.1) is 10.1 Å². The zero-order chi connectivity index (χ0) is 22.5. The molecule has 1 aliphatic heterocycles. The zero-order valence-corrected chi connectivity index (χ0v) is 18.4. The van der Waals surface area contributed by atoms with E-state index in [1.54, 1.807) is 24.3 Å². The molecule has 0 saturated carbocycles. The number of thioether (sulfide) groups is 1. The van der Waals surface area contributed by atoms with Crippen LogP contribution in [0.25, 0.3) is 6.08 Å².